The molecule has 1 aliphatic rings. The average Bonchev–Trinajstić information content (AvgIpc) is 2.28. The molecular weight excluding hydrogens is 210 g/mol. The van der Waals surface area contributed by atoms with Gasteiger partial charge in [0, 0.05) is 24.3 Å². The summed E-state index contributed by atoms with van der Waals surface area (Å²) in [5.74, 6) is 0. The molecule has 17 heavy (non-hydrogen) atoms. The normalized spacial score (nSPS) is 19.5. The maximum absolute atomic E-state index is 9.83. The lowest BCUT2D eigenvalue weighted by atomic mass is 10.0. The lowest BCUT2D eigenvalue weighted by molar-refractivity contribution is 0.199. The molecule has 0 radical (unpaired) electrons. The van der Waals surface area contributed by atoms with Crippen molar-refractivity contribution < 1.29 is 5.11 Å². The molecule has 0 aliphatic carbocycles. The summed E-state index contributed by atoms with van der Waals surface area (Å²) in [6, 6.07) is 8.26. The number of hydrogen-bond donors (Lipinski definition) is 1. The Hall–Kier alpha value is -1.02. The molecule has 0 spiro atoms. The van der Waals surface area contributed by atoms with E-state index in [1.807, 2.05) is 19.1 Å². The summed E-state index contributed by atoms with van der Waals surface area (Å²) in [6.45, 7) is 4.11. The summed E-state index contributed by atoms with van der Waals surface area (Å²) in [4.78, 5) is 2.45. The molecule has 1 aromatic rings. The van der Waals surface area contributed by atoms with Crippen molar-refractivity contribution in [2.24, 2.45) is 0 Å². The lowest BCUT2D eigenvalue weighted by Gasteiger charge is -2.29. The Labute approximate surface area is 104 Å². The average molecular weight is 233 g/mol. The van der Waals surface area contributed by atoms with E-state index < -0.39 is 0 Å². The molecule has 0 saturated carbocycles. The molecule has 1 heterocycles. The molecule has 2 nitrogen and oxygen atoms in total. The minimum Gasteiger partial charge on any atom is -0.389 e. The van der Waals surface area contributed by atoms with Gasteiger partial charge in [-0.15, -0.1) is 0 Å². The molecule has 1 N–H and O–H groups in total. The minimum absolute atomic E-state index is 0.378. The number of hydrogen-bond acceptors (Lipinski definition) is 2. The van der Waals surface area contributed by atoms with E-state index in [1.165, 1.54) is 37.8 Å². The van der Waals surface area contributed by atoms with Gasteiger partial charge in [0.25, 0.3) is 0 Å². The van der Waals surface area contributed by atoms with Crippen molar-refractivity contribution in [1.82, 2.24) is 0 Å². The molecule has 94 valence electrons. The van der Waals surface area contributed by atoms with Crippen LogP contribution in [0.25, 0.3) is 0 Å². The van der Waals surface area contributed by atoms with Gasteiger partial charge in [0.1, 0.15) is 0 Å². The summed E-state index contributed by atoms with van der Waals surface area (Å²) < 4.78 is 0. The van der Waals surface area contributed by atoms with Crippen LogP contribution in [0.15, 0.2) is 24.3 Å². The van der Waals surface area contributed by atoms with Gasteiger partial charge in [0.05, 0.1) is 6.10 Å². The van der Waals surface area contributed by atoms with Crippen LogP contribution < -0.4 is 4.90 Å². The third-order valence-corrected chi connectivity index (χ3v) is 3.58. The summed E-state index contributed by atoms with van der Waals surface area (Å²) in [5.41, 5.74) is 2.29. The summed E-state index contributed by atoms with van der Waals surface area (Å²) in [5, 5.41) is 9.83. The highest BCUT2D eigenvalue weighted by molar-refractivity contribution is 5.54. The molecule has 2 rings (SSSR count). The zero-order valence-corrected chi connectivity index (χ0v) is 10.7. The van der Waals surface area contributed by atoms with Crippen LogP contribution in [0.1, 0.15) is 50.7 Å². The fourth-order valence-corrected chi connectivity index (χ4v) is 2.62. The standard InChI is InChI=1S/C15H23NO/c1-13(17)14-9-5-6-10-15(14)16-11-7-3-2-4-8-12-16/h5-6,9-10,13,17H,2-4,7-8,11-12H2,1H3/t13-/m1/s1. The highest BCUT2D eigenvalue weighted by Crippen LogP contribution is 2.27. The summed E-state index contributed by atoms with van der Waals surface area (Å²) in [6.07, 6.45) is 6.23. The van der Waals surface area contributed by atoms with Gasteiger partial charge in [-0.3, -0.25) is 0 Å². The fourth-order valence-electron chi connectivity index (χ4n) is 2.62. The number of anilines is 1. The Morgan fingerprint density at radius 1 is 1.00 bits per heavy atom. The van der Waals surface area contributed by atoms with Crippen LogP contribution in [0.5, 0.6) is 0 Å². The molecule has 2 heteroatoms. The maximum atomic E-state index is 9.83. The Balaban J connectivity index is 2.18. The zero-order chi connectivity index (χ0) is 12.1. The molecular formula is C15H23NO. The summed E-state index contributed by atoms with van der Waals surface area (Å²) in [7, 11) is 0. The molecule has 1 saturated heterocycles. The van der Waals surface area contributed by atoms with E-state index in [4.69, 9.17) is 0 Å². The first-order chi connectivity index (χ1) is 8.29. The molecule has 0 amide bonds. The van der Waals surface area contributed by atoms with Crippen molar-refractivity contribution in [3.63, 3.8) is 0 Å². The number of aliphatic hydroxyl groups excluding tert-OH is 1. The highest BCUT2D eigenvalue weighted by Gasteiger charge is 2.14. The van der Waals surface area contributed by atoms with Gasteiger partial charge in [0.15, 0.2) is 0 Å². The van der Waals surface area contributed by atoms with Gasteiger partial charge in [-0.05, 0) is 25.8 Å². The molecule has 1 aromatic carbocycles. The maximum Gasteiger partial charge on any atom is 0.0781 e. The van der Waals surface area contributed by atoms with Crippen molar-refractivity contribution in [2.75, 3.05) is 18.0 Å². The number of rotatable bonds is 2. The van der Waals surface area contributed by atoms with Gasteiger partial charge in [-0.25, -0.2) is 0 Å². The smallest absolute Gasteiger partial charge is 0.0781 e. The predicted molar refractivity (Wildman–Crippen MR) is 72.4 cm³/mol. The first-order valence-corrected chi connectivity index (χ1v) is 6.81. The molecule has 1 atom stereocenters. The Morgan fingerprint density at radius 2 is 1.59 bits per heavy atom. The topological polar surface area (TPSA) is 23.5 Å². The Kier molecular flexibility index (Phi) is 4.43. The van der Waals surface area contributed by atoms with Gasteiger partial charge < -0.3 is 10.0 Å². The van der Waals surface area contributed by atoms with Gasteiger partial charge >= 0.3 is 0 Å². The Morgan fingerprint density at radius 3 is 2.24 bits per heavy atom. The van der Waals surface area contributed by atoms with Crippen molar-refractivity contribution >= 4 is 5.69 Å². The van der Waals surface area contributed by atoms with E-state index in [9.17, 15) is 5.11 Å². The van der Waals surface area contributed by atoms with E-state index in [0.29, 0.717) is 0 Å². The quantitative estimate of drug-likeness (QED) is 0.845. The van der Waals surface area contributed by atoms with E-state index in [-0.39, 0.29) is 6.10 Å². The first-order valence-electron chi connectivity index (χ1n) is 6.81. The number of benzene rings is 1. The van der Waals surface area contributed by atoms with Gasteiger partial charge in [0.2, 0.25) is 0 Å². The zero-order valence-electron chi connectivity index (χ0n) is 10.7. The van der Waals surface area contributed by atoms with E-state index in [2.05, 4.69) is 17.0 Å². The van der Waals surface area contributed by atoms with Crippen LogP contribution in [0.4, 0.5) is 5.69 Å². The van der Waals surface area contributed by atoms with Crippen LogP contribution in [0.3, 0.4) is 0 Å². The van der Waals surface area contributed by atoms with Crippen LogP contribution in [0.2, 0.25) is 0 Å². The number of nitrogens with zero attached hydrogens (tertiary/aromatic N) is 1. The highest BCUT2D eigenvalue weighted by atomic mass is 16.3. The van der Waals surface area contributed by atoms with E-state index >= 15 is 0 Å². The first kappa shape index (κ1) is 12.4. The molecule has 1 aliphatic heterocycles. The van der Waals surface area contributed by atoms with Crippen molar-refractivity contribution in [3.05, 3.63) is 29.8 Å². The molecule has 0 bridgehead atoms. The van der Waals surface area contributed by atoms with Crippen molar-refractivity contribution in [1.29, 1.82) is 0 Å². The SMILES string of the molecule is C[C@@H](O)c1ccccc1N1CCCCCCC1. The van der Waals surface area contributed by atoms with Crippen LogP contribution in [-0.2, 0) is 0 Å². The van der Waals surface area contributed by atoms with Gasteiger partial charge in [-0.2, -0.15) is 0 Å². The molecule has 0 aromatic heterocycles. The third-order valence-electron chi connectivity index (χ3n) is 3.58. The van der Waals surface area contributed by atoms with E-state index in [0.717, 1.165) is 18.7 Å². The predicted octanol–water partition coefficient (Wildman–Crippen LogP) is 3.51. The fraction of sp³-hybridized carbons (Fsp3) is 0.600. The minimum atomic E-state index is -0.378. The third kappa shape index (κ3) is 3.22. The number of aliphatic hydroxyl groups is 1. The summed E-state index contributed by atoms with van der Waals surface area (Å²) >= 11 is 0. The van der Waals surface area contributed by atoms with Crippen LogP contribution in [0, 0.1) is 0 Å². The Bertz CT molecular complexity index is 341. The van der Waals surface area contributed by atoms with Crippen molar-refractivity contribution in [3.8, 4) is 0 Å². The second-order valence-electron chi connectivity index (χ2n) is 4.99. The monoisotopic (exact) mass is 233 g/mol. The second kappa shape index (κ2) is 6.06. The van der Waals surface area contributed by atoms with E-state index in [1.54, 1.807) is 0 Å². The largest absolute Gasteiger partial charge is 0.389 e. The second-order valence-corrected chi connectivity index (χ2v) is 4.99. The number of para-hydroxylation sites is 1. The lowest BCUT2D eigenvalue weighted by Crippen LogP contribution is -2.28. The molecule has 1 fully saturated rings. The molecule has 0 unspecified atom stereocenters. The van der Waals surface area contributed by atoms with Crippen LogP contribution in [-0.4, -0.2) is 18.2 Å². The van der Waals surface area contributed by atoms with Gasteiger partial charge in [-0.1, -0.05) is 37.5 Å². The van der Waals surface area contributed by atoms with Crippen molar-refractivity contribution in [2.45, 2.75) is 45.1 Å². The van der Waals surface area contributed by atoms with Crippen LogP contribution >= 0.6 is 0 Å².